The minimum Gasteiger partial charge on any atom is -0.382 e. The fourth-order valence-electron chi connectivity index (χ4n) is 1.79. The molecule has 132 valence electrons. The Morgan fingerprint density at radius 3 is 2.61 bits per heavy atom. The van der Waals surface area contributed by atoms with Gasteiger partial charge in [-0.05, 0) is 31.0 Å². The fraction of sp³-hybridized carbons (Fsp3) is 0.533. The van der Waals surface area contributed by atoms with E-state index in [0.29, 0.717) is 31.3 Å². The summed E-state index contributed by atoms with van der Waals surface area (Å²) in [4.78, 5) is 4.02. The first kappa shape index (κ1) is 22.0. The van der Waals surface area contributed by atoms with Gasteiger partial charge in [0.05, 0.1) is 5.56 Å². The van der Waals surface area contributed by atoms with Crippen molar-refractivity contribution >= 4 is 29.9 Å². The summed E-state index contributed by atoms with van der Waals surface area (Å²) in [5.74, 6) is 0.550. The summed E-state index contributed by atoms with van der Waals surface area (Å²) in [6.07, 6.45) is -3.49. The Hall–Kier alpha value is -1.03. The molecule has 0 atom stereocenters. The second-order valence-electron chi connectivity index (χ2n) is 4.60. The molecule has 4 nitrogen and oxygen atoms in total. The van der Waals surface area contributed by atoms with E-state index in [2.05, 4.69) is 15.6 Å². The maximum Gasteiger partial charge on any atom is 0.416 e. The average molecular weight is 445 g/mol. The molecule has 0 aliphatic heterocycles. The van der Waals surface area contributed by atoms with Gasteiger partial charge in [0.15, 0.2) is 5.96 Å². The number of hydrogen-bond acceptors (Lipinski definition) is 2. The van der Waals surface area contributed by atoms with Crippen LogP contribution in [0.15, 0.2) is 29.3 Å². The molecule has 1 aromatic carbocycles. The number of guanidine groups is 1. The van der Waals surface area contributed by atoms with Gasteiger partial charge in [0.1, 0.15) is 0 Å². The molecule has 0 radical (unpaired) electrons. The van der Waals surface area contributed by atoms with Crippen molar-refractivity contribution in [3.8, 4) is 0 Å². The van der Waals surface area contributed by atoms with Crippen molar-refractivity contribution in [2.24, 2.45) is 4.99 Å². The van der Waals surface area contributed by atoms with Crippen molar-refractivity contribution in [1.29, 1.82) is 0 Å². The van der Waals surface area contributed by atoms with E-state index in [-0.39, 0.29) is 30.5 Å². The molecule has 8 heteroatoms. The maximum absolute atomic E-state index is 12.6. The van der Waals surface area contributed by atoms with Crippen LogP contribution in [0.2, 0.25) is 0 Å². The van der Waals surface area contributed by atoms with Gasteiger partial charge < -0.3 is 15.4 Å². The molecule has 0 aliphatic rings. The van der Waals surface area contributed by atoms with Gasteiger partial charge in [-0.2, -0.15) is 13.2 Å². The number of alkyl halides is 3. The van der Waals surface area contributed by atoms with Crippen LogP contribution < -0.4 is 10.6 Å². The molecule has 0 bridgehead atoms. The molecule has 23 heavy (non-hydrogen) atoms. The number of benzene rings is 1. The van der Waals surface area contributed by atoms with Crippen LogP contribution in [0.3, 0.4) is 0 Å². The minimum atomic E-state index is -4.32. The number of aliphatic imine (C=N–C) groups is 1. The lowest BCUT2D eigenvalue weighted by molar-refractivity contribution is -0.137. The zero-order chi connectivity index (χ0) is 16.4. The number of ether oxygens (including phenoxy) is 1. The van der Waals surface area contributed by atoms with Crippen LogP contribution >= 0.6 is 24.0 Å². The molecule has 0 amide bonds. The number of hydrogen-bond donors (Lipinski definition) is 2. The third kappa shape index (κ3) is 8.99. The van der Waals surface area contributed by atoms with E-state index in [0.717, 1.165) is 18.6 Å². The average Bonchev–Trinajstić information content (AvgIpc) is 2.49. The highest BCUT2D eigenvalue weighted by atomic mass is 127. The molecule has 0 saturated carbocycles. The van der Waals surface area contributed by atoms with E-state index >= 15 is 0 Å². The molecule has 0 unspecified atom stereocenters. The monoisotopic (exact) mass is 445 g/mol. The van der Waals surface area contributed by atoms with Gasteiger partial charge >= 0.3 is 6.18 Å². The van der Waals surface area contributed by atoms with E-state index in [9.17, 15) is 13.2 Å². The van der Waals surface area contributed by atoms with Crippen molar-refractivity contribution in [2.75, 3.05) is 26.8 Å². The van der Waals surface area contributed by atoms with E-state index in [4.69, 9.17) is 4.74 Å². The molecule has 1 aromatic rings. The van der Waals surface area contributed by atoms with Crippen LogP contribution in [-0.2, 0) is 17.5 Å². The topological polar surface area (TPSA) is 45.6 Å². The molecular formula is C15H23F3IN3O. The minimum absolute atomic E-state index is 0. The predicted molar refractivity (Wildman–Crippen MR) is 96.2 cm³/mol. The zero-order valence-electron chi connectivity index (χ0n) is 13.2. The van der Waals surface area contributed by atoms with Gasteiger partial charge in [-0.1, -0.05) is 12.1 Å². The fourth-order valence-corrected chi connectivity index (χ4v) is 1.79. The number of halogens is 4. The van der Waals surface area contributed by atoms with Crippen molar-refractivity contribution in [3.05, 3.63) is 35.4 Å². The Bertz CT molecular complexity index is 481. The summed E-state index contributed by atoms with van der Waals surface area (Å²) in [6.45, 7) is 4.23. The Kier molecular flexibility index (Phi) is 11.0. The summed E-state index contributed by atoms with van der Waals surface area (Å²) in [5, 5.41) is 6.07. The summed E-state index contributed by atoms with van der Waals surface area (Å²) in [5.41, 5.74) is -0.0986. The Morgan fingerprint density at radius 1 is 1.26 bits per heavy atom. The van der Waals surface area contributed by atoms with Crippen LogP contribution in [-0.4, -0.2) is 32.8 Å². The molecule has 0 aromatic heterocycles. The first-order valence-electron chi connectivity index (χ1n) is 7.15. The third-order valence-corrected chi connectivity index (χ3v) is 2.90. The first-order chi connectivity index (χ1) is 10.5. The summed E-state index contributed by atoms with van der Waals surface area (Å²) < 4.78 is 43.1. The smallest absolute Gasteiger partial charge is 0.382 e. The number of nitrogens with one attached hydrogen (secondary N) is 2. The standard InChI is InChI=1S/C15H22F3N3O.HI/c1-3-22-9-5-8-20-14(19-2)21-11-12-6-4-7-13(10-12)15(16,17)18;/h4,6-7,10H,3,5,8-9,11H2,1-2H3,(H2,19,20,21);1H. The van der Waals surface area contributed by atoms with E-state index in [1.165, 1.54) is 6.07 Å². The lowest BCUT2D eigenvalue weighted by Gasteiger charge is -2.13. The lowest BCUT2D eigenvalue weighted by Crippen LogP contribution is -2.37. The van der Waals surface area contributed by atoms with E-state index < -0.39 is 11.7 Å². The van der Waals surface area contributed by atoms with Crippen LogP contribution in [0.25, 0.3) is 0 Å². The van der Waals surface area contributed by atoms with Gasteiger partial charge in [0.2, 0.25) is 0 Å². The maximum atomic E-state index is 12.6. The van der Waals surface area contributed by atoms with Crippen molar-refractivity contribution in [2.45, 2.75) is 26.1 Å². The van der Waals surface area contributed by atoms with Crippen molar-refractivity contribution in [1.82, 2.24) is 10.6 Å². The SMILES string of the molecule is CCOCCCNC(=NC)NCc1cccc(C(F)(F)F)c1.I. The van der Waals surface area contributed by atoms with Crippen LogP contribution in [0.1, 0.15) is 24.5 Å². The van der Waals surface area contributed by atoms with Gasteiger partial charge in [0.25, 0.3) is 0 Å². The largest absolute Gasteiger partial charge is 0.416 e. The number of nitrogens with zero attached hydrogens (tertiary/aromatic N) is 1. The van der Waals surface area contributed by atoms with E-state index in [1.807, 2.05) is 6.92 Å². The Labute approximate surface area is 151 Å². The summed E-state index contributed by atoms with van der Waals surface area (Å²) >= 11 is 0. The van der Waals surface area contributed by atoms with Gasteiger partial charge in [-0.25, -0.2) is 0 Å². The quantitative estimate of drug-likeness (QED) is 0.293. The highest BCUT2D eigenvalue weighted by Gasteiger charge is 2.30. The molecule has 0 heterocycles. The van der Waals surface area contributed by atoms with Crippen molar-refractivity contribution < 1.29 is 17.9 Å². The predicted octanol–water partition coefficient (Wildman–Crippen LogP) is 3.42. The zero-order valence-corrected chi connectivity index (χ0v) is 15.6. The van der Waals surface area contributed by atoms with Crippen LogP contribution in [0.5, 0.6) is 0 Å². The summed E-state index contributed by atoms with van der Waals surface area (Å²) in [6, 6.07) is 5.24. The first-order valence-corrected chi connectivity index (χ1v) is 7.15. The van der Waals surface area contributed by atoms with Crippen molar-refractivity contribution in [3.63, 3.8) is 0 Å². The van der Waals surface area contributed by atoms with Gasteiger partial charge in [0, 0.05) is 33.4 Å². The molecule has 0 aliphatic carbocycles. The van der Waals surface area contributed by atoms with Crippen LogP contribution in [0, 0.1) is 0 Å². The second-order valence-corrected chi connectivity index (χ2v) is 4.60. The molecule has 0 spiro atoms. The normalized spacial score (nSPS) is 11.8. The second kappa shape index (κ2) is 11.5. The Morgan fingerprint density at radius 2 is 2.00 bits per heavy atom. The molecule has 0 fully saturated rings. The third-order valence-electron chi connectivity index (χ3n) is 2.90. The molecule has 1 rings (SSSR count). The number of rotatable bonds is 7. The van der Waals surface area contributed by atoms with E-state index in [1.54, 1.807) is 13.1 Å². The molecule has 0 saturated heterocycles. The lowest BCUT2D eigenvalue weighted by atomic mass is 10.1. The van der Waals surface area contributed by atoms with Gasteiger partial charge in [-0.3, -0.25) is 4.99 Å². The van der Waals surface area contributed by atoms with Gasteiger partial charge in [-0.15, -0.1) is 24.0 Å². The molecular weight excluding hydrogens is 422 g/mol. The highest BCUT2D eigenvalue weighted by molar-refractivity contribution is 14.0. The van der Waals surface area contributed by atoms with Crippen LogP contribution in [0.4, 0.5) is 13.2 Å². The highest BCUT2D eigenvalue weighted by Crippen LogP contribution is 2.29. The molecule has 2 N–H and O–H groups in total. The Balaban J connectivity index is 0.00000484. The summed E-state index contributed by atoms with van der Waals surface area (Å²) in [7, 11) is 1.62.